The van der Waals surface area contributed by atoms with E-state index < -0.39 is 0 Å². The van der Waals surface area contributed by atoms with Gasteiger partial charge in [-0.3, -0.25) is 4.79 Å². The minimum Gasteiger partial charge on any atom is -0.393 e. The molecule has 1 aliphatic carbocycles. The summed E-state index contributed by atoms with van der Waals surface area (Å²) in [4.78, 5) is 15.0. The number of ether oxygens (including phenoxy) is 1. The molecule has 0 aromatic rings. The number of nitrogens with zero attached hydrogens (tertiary/aromatic N) is 1. The summed E-state index contributed by atoms with van der Waals surface area (Å²) in [5, 5.41) is 10.4. The van der Waals surface area contributed by atoms with Gasteiger partial charge in [-0.1, -0.05) is 12.8 Å². The van der Waals surface area contributed by atoms with Crippen LogP contribution in [-0.2, 0) is 9.53 Å². The summed E-state index contributed by atoms with van der Waals surface area (Å²) < 4.78 is 5.50. The van der Waals surface area contributed by atoms with Gasteiger partial charge in [0.05, 0.1) is 18.6 Å². The Morgan fingerprint density at radius 1 is 1.00 bits per heavy atom. The lowest BCUT2D eigenvalue weighted by Gasteiger charge is -2.45. The zero-order valence-electron chi connectivity index (χ0n) is 13.0. The fraction of sp³-hybridized carbons (Fsp3) is 0.941. The first kappa shape index (κ1) is 15.3. The summed E-state index contributed by atoms with van der Waals surface area (Å²) in [7, 11) is 0. The molecule has 3 rings (SSSR count). The lowest BCUT2D eigenvalue weighted by molar-refractivity contribution is -0.146. The number of carbonyl (C=O) groups is 1. The summed E-state index contributed by atoms with van der Waals surface area (Å²) in [6, 6.07) is 0.267. The fourth-order valence-corrected chi connectivity index (χ4v) is 4.43. The first-order chi connectivity index (χ1) is 10.3. The molecular weight excluding hydrogens is 266 g/mol. The summed E-state index contributed by atoms with van der Waals surface area (Å²) >= 11 is 0. The number of amides is 1. The average molecular weight is 295 g/mol. The van der Waals surface area contributed by atoms with Gasteiger partial charge in [-0.2, -0.15) is 0 Å². The van der Waals surface area contributed by atoms with E-state index in [4.69, 9.17) is 4.74 Å². The molecular formula is C17H29NO3. The molecule has 3 fully saturated rings. The number of rotatable bonds is 2. The second-order valence-corrected chi connectivity index (χ2v) is 7.02. The fourth-order valence-electron chi connectivity index (χ4n) is 4.43. The van der Waals surface area contributed by atoms with Gasteiger partial charge in [0, 0.05) is 25.1 Å². The van der Waals surface area contributed by atoms with Crippen LogP contribution in [0.1, 0.15) is 57.8 Å². The van der Waals surface area contributed by atoms with Gasteiger partial charge in [-0.15, -0.1) is 0 Å². The van der Waals surface area contributed by atoms with Crippen LogP contribution >= 0.6 is 0 Å². The number of hydrogen-bond donors (Lipinski definition) is 1. The Kier molecular flexibility index (Phi) is 5.17. The van der Waals surface area contributed by atoms with Crippen molar-refractivity contribution in [3.8, 4) is 0 Å². The third-order valence-corrected chi connectivity index (χ3v) is 5.62. The van der Waals surface area contributed by atoms with Crippen molar-refractivity contribution >= 4 is 5.91 Å². The maximum Gasteiger partial charge on any atom is 0.228 e. The summed E-state index contributed by atoms with van der Waals surface area (Å²) in [5.74, 6) is 0.643. The molecule has 2 aliphatic heterocycles. The van der Waals surface area contributed by atoms with E-state index in [2.05, 4.69) is 4.90 Å². The van der Waals surface area contributed by atoms with E-state index in [0.717, 1.165) is 58.1 Å². The molecule has 4 atom stereocenters. The molecule has 4 heteroatoms. The van der Waals surface area contributed by atoms with Gasteiger partial charge >= 0.3 is 0 Å². The van der Waals surface area contributed by atoms with Crippen LogP contribution in [0, 0.1) is 11.8 Å². The Bertz CT molecular complexity index is 354. The minimum absolute atomic E-state index is 0.0556. The molecule has 0 aromatic carbocycles. The van der Waals surface area contributed by atoms with Gasteiger partial charge in [-0.25, -0.2) is 0 Å². The van der Waals surface area contributed by atoms with E-state index >= 15 is 0 Å². The van der Waals surface area contributed by atoms with Crippen molar-refractivity contribution < 1.29 is 14.6 Å². The molecule has 2 saturated heterocycles. The molecule has 0 radical (unpaired) electrons. The van der Waals surface area contributed by atoms with Crippen LogP contribution in [0.25, 0.3) is 0 Å². The highest BCUT2D eigenvalue weighted by Gasteiger charge is 2.39. The molecule has 1 N–H and O–H groups in total. The first-order valence-corrected chi connectivity index (χ1v) is 8.83. The highest BCUT2D eigenvalue weighted by Crippen LogP contribution is 2.35. The lowest BCUT2D eigenvalue weighted by atomic mass is 9.77. The smallest absolute Gasteiger partial charge is 0.228 e. The molecule has 0 bridgehead atoms. The van der Waals surface area contributed by atoms with Crippen molar-refractivity contribution in [3.05, 3.63) is 0 Å². The SMILES string of the molecule is O=C(C1CCCOC1)N1CCCCC1C1CCCCC1O. The number of likely N-dealkylation sites (tertiary alicyclic amines) is 1. The van der Waals surface area contributed by atoms with E-state index in [0.29, 0.717) is 12.5 Å². The van der Waals surface area contributed by atoms with Crippen LogP contribution < -0.4 is 0 Å². The van der Waals surface area contributed by atoms with E-state index in [1.54, 1.807) is 0 Å². The average Bonchev–Trinajstić information content (AvgIpc) is 2.55. The Morgan fingerprint density at radius 3 is 2.57 bits per heavy atom. The summed E-state index contributed by atoms with van der Waals surface area (Å²) in [6.45, 7) is 2.27. The van der Waals surface area contributed by atoms with Gasteiger partial charge in [0.1, 0.15) is 0 Å². The van der Waals surface area contributed by atoms with Crippen molar-refractivity contribution in [1.82, 2.24) is 4.90 Å². The predicted octanol–water partition coefficient (Wildman–Crippen LogP) is 2.35. The Hall–Kier alpha value is -0.610. The van der Waals surface area contributed by atoms with Gasteiger partial charge in [0.25, 0.3) is 0 Å². The quantitative estimate of drug-likeness (QED) is 0.850. The summed E-state index contributed by atoms with van der Waals surface area (Å²) in [5.41, 5.74) is 0. The normalized spacial score (nSPS) is 38.2. The third kappa shape index (κ3) is 3.42. The van der Waals surface area contributed by atoms with Gasteiger partial charge < -0.3 is 14.7 Å². The third-order valence-electron chi connectivity index (χ3n) is 5.62. The van der Waals surface area contributed by atoms with E-state index in [1.807, 2.05) is 0 Å². The molecule has 2 heterocycles. The van der Waals surface area contributed by atoms with Crippen molar-refractivity contribution in [3.63, 3.8) is 0 Å². The standard InChI is InChI=1S/C17H29NO3/c19-16-9-2-1-7-14(16)15-8-3-4-10-18(15)17(20)13-6-5-11-21-12-13/h13-16,19H,1-12H2. The number of aliphatic hydroxyl groups excluding tert-OH is 1. The van der Waals surface area contributed by atoms with Crippen LogP contribution in [0.5, 0.6) is 0 Å². The molecule has 120 valence electrons. The van der Waals surface area contributed by atoms with Crippen LogP contribution in [0.2, 0.25) is 0 Å². The Balaban J connectivity index is 1.69. The minimum atomic E-state index is -0.209. The number of carbonyl (C=O) groups excluding carboxylic acids is 1. The predicted molar refractivity (Wildman–Crippen MR) is 80.9 cm³/mol. The van der Waals surface area contributed by atoms with Crippen LogP contribution in [0.4, 0.5) is 0 Å². The van der Waals surface area contributed by atoms with Gasteiger partial charge in [-0.05, 0) is 44.9 Å². The second kappa shape index (κ2) is 7.10. The highest BCUT2D eigenvalue weighted by molar-refractivity contribution is 5.79. The molecule has 21 heavy (non-hydrogen) atoms. The second-order valence-electron chi connectivity index (χ2n) is 7.02. The molecule has 0 spiro atoms. The van der Waals surface area contributed by atoms with Crippen LogP contribution in [0.15, 0.2) is 0 Å². The topological polar surface area (TPSA) is 49.8 Å². The van der Waals surface area contributed by atoms with E-state index in [1.165, 1.54) is 12.8 Å². The summed E-state index contributed by atoms with van der Waals surface area (Å²) in [6.07, 6.45) is 9.46. The van der Waals surface area contributed by atoms with Gasteiger partial charge in [0.15, 0.2) is 0 Å². The van der Waals surface area contributed by atoms with E-state index in [9.17, 15) is 9.90 Å². The number of hydrogen-bond acceptors (Lipinski definition) is 3. The van der Waals surface area contributed by atoms with Crippen molar-refractivity contribution in [2.75, 3.05) is 19.8 Å². The molecule has 1 amide bonds. The molecule has 1 saturated carbocycles. The molecule has 0 aromatic heterocycles. The van der Waals surface area contributed by atoms with Crippen molar-refractivity contribution in [1.29, 1.82) is 0 Å². The zero-order chi connectivity index (χ0) is 14.7. The van der Waals surface area contributed by atoms with Crippen molar-refractivity contribution in [2.24, 2.45) is 11.8 Å². The number of aliphatic hydroxyl groups is 1. The van der Waals surface area contributed by atoms with Crippen LogP contribution in [0.3, 0.4) is 0 Å². The number of piperidine rings is 1. The maximum absolute atomic E-state index is 12.9. The zero-order valence-corrected chi connectivity index (χ0v) is 13.0. The first-order valence-electron chi connectivity index (χ1n) is 8.83. The van der Waals surface area contributed by atoms with Gasteiger partial charge in [0.2, 0.25) is 5.91 Å². The molecule has 4 unspecified atom stereocenters. The maximum atomic E-state index is 12.9. The Labute approximate surface area is 127 Å². The highest BCUT2D eigenvalue weighted by atomic mass is 16.5. The molecule has 3 aliphatic rings. The largest absolute Gasteiger partial charge is 0.393 e. The van der Waals surface area contributed by atoms with E-state index in [-0.39, 0.29) is 24.0 Å². The lowest BCUT2D eigenvalue weighted by Crippen LogP contribution is -2.53. The Morgan fingerprint density at radius 2 is 1.81 bits per heavy atom. The molecule has 4 nitrogen and oxygen atoms in total. The van der Waals surface area contributed by atoms with Crippen LogP contribution in [-0.4, -0.2) is 47.8 Å². The monoisotopic (exact) mass is 295 g/mol. The van der Waals surface area contributed by atoms with Crippen molar-refractivity contribution in [2.45, 2.75) is 69.9 Å².